The first-order valence-corrected chi connectivity index (χ1v) is 6.80. The van der Waals surface area contributed by atoms with Gasteiger partial charge in [-0.1, -0.05) is 12.7 Å². The Bertz CT molecular complexity index is 498. The van der Waals surface area contributed by atoms with E-state index in [-0.39, 0.29) is 24.6 Å². The Morgan fingerprint density at radius 2 is 2.19 bits per heavy atom. The van der Waals surface area contributed by atoms with Crippen LogP contribution in [0.2, 0.25) is 0 Å². The van der Waals surface area contributed by atoms with Gasteiger partial charge in [-0.3, -0.25) is 9.78 Å². The van der Waals surface area contributed by atoms with Crippen molar-refractivity contribution in [3.63, 3.8) is 0 Å². The summed E-state index contributed by atoms with van der Waals surface area (Å²) in [4.78, 5) is 33.0. The first-order chi connectivity index (χ1) is 10.2. The van der Waals surface area contributed by atoms with Crippen LogP contribution < -0.4 is 5.32 Å². The maximum absolute atomic E-state index is 11.9. The predicted molar refractivity (Wildman–Crippen MR) is 75.6 cm³/mol. The second-order valence-corrected chi connectivity index (χ2v) is 4.69. The number of ether oxygens (including phenoxy) is 1. The standard InChI is InChI=1S/C14H18N4O3/c1-2-9-21-14(20)18-7-3-11(4-8-18)17-13(19)12-10-15-5-6-16-12/h2,5-6,10-11H,1,3-4,7-9H2,(H,17,19). The second-order valence-electron chi connectivity index (χ2n) is 4.69. The van der Waals surface area contributed by atoms with Crippen LogP contribution in [0.15, 0.2) is 31.2 Å². The molecule has 1 aliphatic heterocycles. The van der Waals surface area contributed by atoms with Crippen LogP contribution in [0.3, 0.4) is 0 Å². The fourth-order valence-corrected chi connectivity index (χ4v) is 2.10. The third-order valence-corrected chi connectivity index (χ3v) is 3.21. The van der Waals surface area contributed by atoms with Crippen molar-refractivity contribution >= 4 is 12.0 Å². The summed E-state index contributed by atoms with van der Waals surface area (Å²) in [6, 6.07) is 0.0305. The van der Waals surface area contributed by atoms with E-state index in [1.54, 1.807) is 4.90 Å². The lowest BCUT2D eigenvalue weighted by atomic mass is 10.1. The van der Waals surface area contributed by atoms with E-state index in [0.717, 1.165) is 0 Å². The highest BCUT2D eigenvalue weighted by Crippen LogP contribution is 2.12. The molecule has 0 bridgehead atoms. The van der Waals surface area contributed by atoms with Crippen molar-refractivity contribution in [2.45, 2.75) is 18.9 Å². The number of amides is 2. The van der Waals surface area contributed by atoms with Gasteiger partial charge in [-0.25, -0.2) is 9.78 Å². The summed E-state index contributed by atoms with van der Waals surface area (Å²) in [5.74, 6) is -0.240. The Balaban J connectivity index is 1.78. The Labute approximate surface area is 123 Å². The minimum atomic E-state index is -0.339. The lowest BCUT2D eigenvalue weighted by Gasteiger charge is -2.31. The van der Waals surface area contributed by atoms with Crippen molar-refractivity contribution in [3.05, 3.63) is 36.9 Å². The van der Waals surface area contributed by atoms with Gasteiger partial charge in [0.15, 0.2) is 0 Å². The molecule has 1 N–H and O–H groups in total. The molecule has 1 aromatic rings. The van der Waals surface area contributed by atoms with E-state index in [4.69, 9.17) is 4.74 Å². The molecule has 7 nitrogen and oxygen atoms in total. The molecule has 2 rings (SSSR count). The molecule has 0 unspecified atom stereocenters. The van der Waals surface area contributed by atoms with Gasteiger partial charge in [-0.2, -0.15) is 0 Å². The van der Waals surface area contributed by atoms with Crippen molar-refractivity contribution in [2.75, 3.05) is 19.7 Å². The number of nitrogens with zero attached hydrogens (tertiary/aromatic N) is 3. The fraction of sp³-hybridized carbons (Fsp3) is 0.429. The van der Waals surface area contributed by atoms with E-state index >= 15 is 0 Å². The number of carbonyl (C=O) groups excluding carboxylic acids is 2. The van der Waals surface area contributed by atoms with Crippen molar-refractivity contribution in [1.29, 1.82) is 0 Å². The summed E-state index contributed by atoms with van der Waals surface area (Å²) >= 11 is 0. The van der Waals surface area contributed by atoms with Gasteiger partial charge >= 0.3 is 6.09 Å². The van der Waals surface area contributed by atoms with Crippen molar-refractivity contribution in [2.24, 2.45) is 0 Å². The molecule has 7 heteroatoms. The van der Waals surface area contributed by atoms with Crippen molar-refractivity contribution in [1.82, 2.24) is 20.2 Å². The number of aromatic nitrogens is 2. The molecule has 1 aromatic heterocycles. The summed E-state index contributed by atoms with van der Waals surface area (Å²) in [6.45, 7) is 4.82. The van der Waals surface area contributed by atoms with E-state index in [9.17, 15) is 9.59 Å². The third-order valence-electron chi connectivity index (χ3n) is 3.21. The number of likely N-dealkylation sites (tertiary alicyclic amines) is 1. The number of carbonyl (C=O) groups is 2. The summed E-state index contributed by atoms with van der Waals surface area (Å²) in [6.07, 6.45) is 7.00. The van der Waals surface area contributed by atoms with Crippen molar-refractivity contribution in [3.8, 4) is 0 Å². The zero-order valence-corrected chi connectivity index (χ0v) is 11.7. The number of rotatable bonds is 4. The maximum atomic E-state index is 11.9. The highest BCUT2D eigenvalue weighted by molar-refractivity contribution is 5.92. The van der Waals surface area contributed by atoms with E-state index in [0.29, 0.717) is 31.6 Å². The Morgan fingerprint density at radius 1 is 1.43 bits per heavy atom. The van der Waals surface area contributed by atoms with Crippen LogP contribution in [0.4, 0.5) is 4.79 Å². The third kappa shape index (κ3) is 4.27. The SMILES string of the molecule is C=CCOC(=O)N1CCC(NC(=O)c2cnccn2)CC1. The van der Waals surface area contributed by atoms with Gasteiger partial charge in [-0.05, 0) is 12.8 Å². The minimum Gasteiger partial charge on any atom is -0.445 e. The molecular weight excluding hydrogens is 272 g/mol. The van der Waals surface area contributed by atoms with Gasteiger partial charge < -0.3 is 15.0 Å². The molecule has 1 saturated heterocycles. The first-order valence-electron chi connectivity index (χ1n) is 6.80. The number of hydrogen-bond donors (Lipinski definition) is 1. The predicted octanol–water partition coefficient (Wildman–Crippen LogP) is 0.993. The highest BCUT2D eigenvalue weighted by atomic mass is 16.6. The average molecular weight is 290 g/mol. The monoisotopic (exact) mass is 290 g/mol. The van der Waals surface area contributed by atoms with Gasteiger partial charge in [0.05, 0.1) is 6.20 Å². The second kappa shape index (κ2) is 7.37. The zero-order valence-electron chi connectivity index (χ0n) is 11.7. The molecule has 1 fully saturated rings. The average Bonchev–Trinajstić information content (AvgIpc) is 2.54. The normalized spacial score (nSPS) is 15.3. The molecule has 0 atom stereocenters. The van der Waals surface area contributed by atoms with Crippen LogP contribution in [0.5, 0.6) is 0 Å². The highest BCUT2D eigenvalue weighted by Gasteiger charge is 2.25. The van der Waals surface area contributed by atoms with Crippen LogP contribution in [0, 0.1) is 0 Å². The Morgan fingerprint density at radius 3 is 2.81 bits per heavy atom. The number of nitrogens with one attached hydrogen (secondary N) is 1. The van der Waals surface area contributed by atoms with E-state index < -0.39 is 0 Å². The lowest BCUT2D eigenvalue weighted by Crippen LogP contribution is -2.46. The van der Waals surface area contributed by atoms with Crippen LogP contribution in [-0.4, -0.2) is 52.6 Å². The van der Waals surface area contributed by atoms with Crippen LogP contribution in [-0.2, 0) is 4.74 Å². The first kappa shape index (κ1) is 15.0. The Kier molecular flexibility index (Phi) is 5.25. The summed E-state index contributed by atoms with van der Waals surface area (Å²) in [5, 5.41) is 2.90. The minimum absolute atomic E-state index is 0.0305. The van der Waals surface area contributed by atoms with E-state index in [1.165, 1.54) is 24.7 Å². The molecule has 21 heavy (non-hydrogen) atoms. The van der Waals surface area contributed by atoms with Crippen molar-refractivity contribution < 1.29 is 14.3 Å². The molecular formula is C14H18N4O3. The van der Waals surface area contributed by atoms with Gasteiger partial charge in [0.2, 0.25) is 0 Å². The number of piperidine rings is 1. The molecule has 2 amide bonds. The molecule has 0 radical (unpaired) electrons. The summed E-state index contributed by atoms with van der Waals surface area (Å²) in [7, 11) is 0. The quantitative estimate of drug-likeness (QED) is 0.836. The summed E-state index contributed by atoms with van der Waals surface area (Å²) in [5.41, 5.74) is 0.297. The molecule has 0 saturated carbocycles. The van der Waals surface area contributed by atoms with Gasteiger partial charge in [-0.15, -0.1) is 0 Å². The topological polar surface area (TPSA) is 84.4 Å². The zero-order chi connectivity index (χ0) is 15.1. The molecule has 0 aromatic carbocycles. The fourth-order valence-electron chi connectivity index (χ4n) is 2.10. The van der Waals surface area contributed by atoms with Gasteiger partial charge in [0, 0.05) is 31.5 Å². The maximum Gasteiger partial charge on any atom is 0.410 e. The Hall–Kier alpha value is -2.44. The van der Waals surface area contributed by atoms with Gasteiger partial charge in [0.25, 0.3) is 5.91 Å². The molecule has 112 valence electrons. The van der Waals surface area contributed by atoms with Crippen LogP contribution in [0.25, 0.3) is 0 Å². The number of hydrogen-bond acceptors (Lipinski definition) is 5. The van der Waals surface area contributed by atoms with E-state index in [1.807, 2.05) is 0 Å². The smallest absolute Gasteiger partial charge is 0.410 e. The van der Waals surface area contributed by atoms with Crippen LogP contribution in [0.1, 0.15) is 23.3 Å². The van der Waals surface area contributed by atoms with Crippen LogP contribution >= 0.6 is 0 Å². The van der Waals surface area contributed by atoms with Gasteiger partial charge in [0.1, 0.15) is 12.3 Å². The lowest BCUT2D eigenvalue weighted by molar-refractivity contribution is 0.0870. The molecule has 2 heterocycles. The molecule has 1 aliphatic rings. The molecule has 0 aliphatic carbocycles. The summed E-state index contributed by atoms with van der Waals surface area (Å²) < 4.78 is 4.98. The largest absolute Gasteiger partial charge is 0.445 e. The molecule has 0 spiro atoms. The van der Waals surface area contributed by atoms with E-state index in [2.05, 4.69) is 21.9 Å².